The van der Waals surface area contributed by atoms with Gasteiger partial charge >= 0.3 is 5.97 Å². The number of hydrogen-bond donors (Lipinski definition) is 0. The van der Waals surface area contributed by atoms with Crippen molar-refractivity contribution >= 4 is 16.7 Å². The van der Waals surface area contributed by atoms with Gasteiger partial charge in [-0.2, -0.15) is 5.26 Å². The van der Waals surface area contributed by atoms with Crippen molar-refractivity contribution in [2.24, 2.45) is 0 Å². The van der Waals surface area contributed by atoms with Gasteiger partial charge in [0.2, 0.25) is 0 Å². The maximum Gasteiger partial charge on any atom is 0.342 e. The quantitative estimate of drug-likeness (QED) is 0.791. The van der Waals surface area contributed by atoms with Crippen LogP contribution in [-0.4, -0.2) is 19.7 Å². The molecule has 0 aliphatic carbocycles. The van der Waals surface area contributed by atoms with Crippen LogP contribution in [0.15, 0.2) is 30.3 Å². The van der Waals surface area contributed by atoms with Crippen LogP contribution in [0.25, 0.3) is 10.8 Å². The van der Waals surface area contributed by atoms with Crippen molar-refractivity contribution < 1.29 is 14.3 Å². The Labute approximate surface area is 111 Å². The van der Waals surface area contributed by atoms with E-state index in [1.807, 2.05) is 24.3 Å². The zero-order valence-corrected chi connectivity index (χ0v) is 10.8. The monoisotopic (exact) mass is 255 g/mol. The largest absolute Gasteiger partial charge is 0.492 e. The summed E-state index contributed by atoms with van der Waals surface area (Å²) in [6.07, 6.45) is 0. The number of methoxy groups -OCH3 is 1. The molecular formula is C15H13NO3. The summed E-state index contributed by atoms with van der Waals surface area (Å²) < 4.78 is 10.3. The summed E-state index contributed by atoms with van der Waals surface area (Å²) >= 11 is 0. The molecule has 0 amide bonds. The number of carbonyl (C=O) groups is 1. The molecule has 0 heterocycles. The maximum atomic E-state index is 12.0. The van der Waals surface area contributed by atoms with Crippen LogP contribution in [-0.2, 0) is 4.74 Å². The summed E-state index contributed by atoms with van der Waals surface area (Å²) in [7, 11) is 1.31. The van der Waals surface area contributed by atoms with Crippen LogP contribution in [0.5, 0.6) is 5.75 Å². The number of benzene rings is 2. The van der Waals surface area contributed by atoms with Crippen molar-refractivity contribution in [1.82, 2.24) is 0 Å². The van der Waals surface area contributed by atoms with Crippen LogP contribution in [0.3, 0.4) is 0 Å². The SMILES string of the molecule is CCOc1c(C#N)cc2ccccc2c1C(=O)OC. The molecule has 19 heavy (non-hydrogen) atoms. The van der Waals surface area contributed by atoms with Gasteiger partial charge in [0.05, 0.1) is 19.3 Å². The van der Waals surface area contributed by atoms with Crippen LogP contribution in [0.1, 0.15) is 22.8 Å². The van der Waals surface area contributed by atoms with Crippen molar-refractivity contribution in [1.29, 1.82) is 5.26 Å². The maximum absolute atomic E-state index is 12.0. The molecular weight excluding hydrogens is 242 g/mol. The molecule has 96 valence electrons. The van der Waals surface area contributed by atoms with E-state index >= 15 is 0 Å². The zero-order valence-electron chi connectivity index (χ0n) is 10.8. The molecule has 0 saturated carbocycles. The van der Waals surface area contributed by atoms with Gasteiger partial charge < -0.3 is 9.47 Å². The molecule has 2 aromatic rings. The highest BCUT2D eigenvalue weighted by Crippen LogP contribution is 2.32. The van der Waals surface area contributed by atoms with Gasteiger partial charge in [0.1, 0.15) is 11.6 Å². The molecule has 2 aromatic carbocycles. The minimum absolute atomic E-state index is 0.288. The van der Waals surface area contributed by atoms with Crippen LogP contribution >= 0.6 is 0 Å². The highest BCUT2D eigenvalue weighted by atomic mass is 16.5. The number of carbonyl (C=O) groups excluding carboxylic acids is 1. The number of hydrogen-bond acceptors (Lipinski definition) is 4. The summed E-state index contributed by atoms with van der Waals surface area (Å²) in [6.45, 7) is 2.18. The van der Waals surface area contributed by atoms with Gasteiger partial charge in [-0.05, 0) is 18.4 Å². The number of nitrogens with zero attached hydrogens (tertiary/aromatic N) is 1. The molecule has 0 spiro atoms. The van der Waals surface area contributed by atoms with Crippen molar-refractivity contribution in [3.05, 3.63) is 41.5 Å². The first-order chi connectivity index (χ1) is 9.22. The van der Waals surface area contributed by atoms with E-state index in [0.29, 0.717) is 17.7 Å². The normalized spacial score (nSPS) is 9.95. The fourth-order valence-corrected chi connectivity index (χ4v) is 2.01. The van der Waals surface area contributed by atoms with Gasteiger partial charge in [-0.1, -0.05) is 24.3 Å². The Kier molecular flexibility index (Phi) is 3.67. The molecule has 0 N–H and O–H groups in total. The second kappa shape index (κ2) is 5.40. The Hall–Kier alpha value is -2.54. The third kappa shape index (κ3) is 2.23. The van der Waals surface area contributed by atoms with E-state index in [2.05, 4.69) is 6.07 Å². The molecule has 4 nitrogen and oxygen atoms in total. The average Bonchev–Trinajstić information content (AvgIpc) is 2.46. The molecule has 0 atom stereocenters. The van der Waals surface area contributed by atoms with E-state index in [4.69, 9.17) is 9.47 Å². The molecule has 0 radical (unpaired) electrons. The summed E-state index contributed by atoms with van der Waals surface area (Å²) in [6, 6.07) is 11.1. The molecule has 2 rings (SSSR count). The van der Waals surface area contributed by atoms with E-state index < -0.39 is 5.97 Å². The third-order valence-electron chi connectivity index (χ3n) is 2.80. The van der Waals surface area contributed by atoms with Gasteiger partial charge in [0, 0.05) is 5.39 Å². The number of fused-ring (bicyclic) bond motifs is 1. The van der Waals surface area contributed by atoms with Crippen LogP contribution < -0.4 is 4.74 Å². The molecule has 0 aromatic heterocycles. The molecule has 0 aliphatic rings. The van der Waals surface area contributed by atoms with Crippen LogP contribution in [0.4, 0.5) is 0 Å². The van der Waals surface area contributed by atoms with Crippen molar-refractivity contribution in [2.75, 3.05) is 13.7 Å². The second-order valence-electron chi connectivity index (χ2n) is 3.89. The van der Waals surface area contributed by atoms with E-state index in [9.17, 15) is 10.1 Å². The van der Waals surface area contributed by atoms with E-state index in [1.54, 1.807) is 13.0 Å². The first-order valence-electron chi connectivity index (χ1n) is 5.89. The van der Waals surface area contributed by atoms with Gasteiger partial charge in [-0.15, -0.1) is 0 Å². The minimum atomic E-state index is -0.503. The first kappa shape index (κ1) is 12.9. The summed E-state index contributed by atoms with van der Waals surface area (Å²) in [5.41, 5.74) is 0.639. The Bertz CT molecular complexity index is 671. The standard InChI is InChI=1S/C15H13NO3/c1-3-19-14-11(9-16)8-10-6-4-5-7-12(10)13(14)15(17)18-2/h4-8H,3H2,1-2H3. The molecule has 0 saturated heterocycles. The molecule has 0 unspecified atom stereocenters. The van der Waals surface area contributed by atoms with Gasteiger partial charge in [0.25, 0.3) is 0 Å². The topological polar surface area (TPSA) is 59.3 Å². The predicted molar refractivity (Wildman–Crippen MR) is 71.2 cm³/mol. The third-order valence-corrected chi connectivity index (χ3v) is 2.80. The number of rotatable bonds is 3. The average molecular weight is 255 g/mol. The summed E-state index contributed by atoms with van der Waals surface area (Å²) in [4.78, 5) is 12.0. The Balaban J connectivity index is 2.87. The number of ether oxygens (including phenoxy) is 2. The van der Waals surface area contributed by atoms with Gasteiger partial charge in [-0.3, -0.25) is 0 Å². The predicted octanol–water partition coefficient (Wildman–Crippen LogP) is 2.90. The highest BCUT2D eigenvalue weighted by Gasteiger charge is 2.21. The lowest BCUT2D eigenvalue weighted by Gasteiger charge is -2.13. The molecule has 0 bridgehead atoms. The van der Waals surface area contributed by atoms with E-state index in [-0.39, 0.29) is 5.75 Å². The smallest absolute Gasteiger partial charge is 0.342 e. The Morgan fingerprint density at radius 1 is 1.37 bits per heavy atom. The Morgan fingerprint density at radius 3 is 2.74 bits per heavy atom. The fourth-order valence-electron chi connectivity index (χ4n) is 2.01. The zero-order chi connectivity index (χ0) is 13.8. The minimum Gasteiger partial charge on any atom is -0.492 e. The lowest BCUT2D eigenvalue weighted by atomic mass is 9.99. The molecule has 0 aliphatic heterocycles. The van der Waals surface area contributed by atoms with E-state index in [1.165, 1.54) is 7.11 Å². The first-order valence-corrected chi connectivity index (χ1v) is 5.89. The van der Waals surface area contributed by atoms with Gasteiger partial charge in [-0.25, -0.2) is 4.79 Å². The van der Waals surface area contributed by atoms with Crippen molar-refractivity contribution in [3.8, 4) is 11.8 Å². The number of nitriles is 1. The summed E-state index contributed by atoms with van der Waals surface area (Å²) in [5.74, 6) is -0.215. The lowest BCUT2D eigenvalue weighted by molar-refractivity contribution is 0.0598. The summed E-state index contributed by atoms with van der Waals surface area (Å²) in [5, 5.41) is 10.7. The van der Waals surface area contributed by atoms with Crippen LogP contribution in [0.2, 0.25) is 0 Å². The van der Waals surface area contributed by atoms with Crippen LogP contribution in [0, 0.1) is 11.3 Å². The molecule has 4 heteroatoms. The van der Waals surface area contributed by atoms with Gasteiger partial charge in [0.15, 0.2) is 5.75 Å². The lowest BCUT2D eigenvalue weighted by Crippen LogP contribution is -2.08. The number of esters is 1. The van der Waals surface area contributed by atoms with Crippen molar-refractivity contribution in [2.45, 2.75) is 6.92 Å². The fraction of sp³-hybridized carbons (Fsp3) is 0.200. The Morgan fingerprint density at radius 2 is 2.11 bits per heavy atom. The highest BCUT2D eigenvalue weighted by molar-refractivity contribution is 6.08. The van der Waals surface area contributed by atoms with Crippen molar-refractivity contribution in [3.63, 3.8) is 0 Å². The second-order valence-corrected chi connectivity index (χ2v) is 3.89. The van der Waals surface area contributed by atoms with E-state index in [0.717, 1.165) is 10.8 Å². The molecule has 0 fully saturated rings.